The Kier molecular flexibility index (Phi) is 12.1. The van der Waals surface area contributed by atoms with Crippen LogP contribution >= 0.6 is 0 Å². The second kappa shape index (κ2) is 15.1. The first-order valence-electron chi connectivity index (χ1n) is 12.8. The molecule has 1 atom stereocenters. The van der Waals surface area contributed by atoms with E-state index in [1.165, 1.54) is 5.56 Å². The molecule has 5 nitrogen and oxygen atoms in total. The summed E-state index contributed by atoms with van der Waals surface area (Å²) in [6.45, 7) is 6.06. The first kappa shape index (κ1) is 32.2. The van der Waals surface area contributed by atoms with Crippen molar-refractivity contribution in [3.05, 3.63) is 95.1 Å². The Labute approximate surface area is 275 Å². The maximum atomic E-state index is 12.8. The zero-order valence-electron chi connectivity index (χ0n) is 22.7. The van der Waals surface area contributed by atoms with Gasteiger partial charge in [0.1, 0.15) is 12.4 Å². The molecule has 0 aromatic heterocycles. The van der Waals surface area contributed by atoms with E-state index in [4.69, 9.17) is 4.74 Å². The smallest absolute Gasteiger partial charge is 0.550 e. The second-order valence-corrected chi connectivity index (χ2v) is 9.51. The van der Waals surface area contributed by atoms with Gasteiger partial charge in [0, 0.05) is 50.8 Å². The third-order valence-electron chi connectivity index (χ3n) is 6.74. The fourth-order valence-electron chi connectivity index (χ4n) is 4.58. The summed E-state index contributed by atoms with van der Waals surface area (Å²) in [5, 5.41) is 11.0. The van der Waals surface area contributed by atoms with Crippen LogP contribution in [0.4, 0.5) is 18.9 Å². The summed E-state index contributed by atoms with van der Waals surface area (Å²) < 4.78 is 44.3. The summed E-state index contributed by atoms with van der Waals surface area (Å²) in [7, 11) is 0. The molecule has 0 spiro atoms. The number of anilines is 1. The molecule has 40 heavy (non-hydrogen) atoms. The number of aliphatic carboxylic acids is 1. The number of carbonyl (C=O) groups is 1. The van der Waals surface area contributed by atoms with Gasteiger partial charge in [-0.2, -0.15) is 13.2 Å². The van der Waals surface area contributed by atoms with Gasteiger partial charge in [0.05, 0.1) is 11.5 Å². The second-order valence-electron chi connectivity index (χ2n) is 9.51. The number of carbonyl (C=O) groups excluding carboxylic acids is 1. The van der Waals surface area contributed by atoms with Gasteiger partial charge in [-0.15, -0.1) is 5.92 Å². The molecule has 0 unspecified atom stereocenters. The van der Waals surface area contributed by atoms with Crippen molar-refractivity contribution in [2.75, 3.05) is 31.1 Å². The summed E-state index contributed by atoms with van der Waals surface area (Å²) in [4.78, 5) is 15.4. The first-order valence-corrected chi connectivity index (χ1v) is 12.8. The number of carboxylic acid groups (broad SMARTS) is 1. The summed E-state index contributed by atoms with van der Waals surface area (Å²) in [5.74, 6) is 4.82. The van der Waals surface area contributed by atoms with Crippen LogP contribution in [0.1, 0.15) is 41.5 Å². The van der Waals surface area contributed by atoms with Crippen LogP contribution in [0.25, 0.3) is 0 Å². The molecule has 1 heterocycles. The number of halogens is 3. The fraction of sp³-hybridized carbons (Fsp3) is 0.323. The molecule has 0 saturated carbocycles. The Balaban J connectivity index is 0.00000441. The molecule has 3 aromatic rings. The molecule has 0 bridgehead atoms. The molecular formula is C31H30F3KN2O3. The third kappa shape index (κ3) is 9.37. The number of hydrogen-bond donors (Lipinski definition) is 0. The zero-order chi connectivity index (χ0) is 27.8. The summed E-state index contributed by atoms with van der Waals surface area (Å²) in [6.07, 6.45) is -4.47. The van der Waals surface area contributed by atoms with Gasteiger partial charge in [-0.3, -0.25) is 4.90 Å². The third-order valence-corrected chi connectivity index (χ3v) is 6.74. The van der Waals surface area contributed by atoms with E-state index in [0.717, 1.165) is 61.7 Å². The normalized spacial score (nSPS) is 14.4. The number of ether oxygens (including phenoxy) is 1. The number of carboxylic acids is 1. The van der Waals surface area contributed by atoms with E-state index in [2.05, 4.69) is 33.8 Å². The monoisotopic (exact) mass is 574 g/mol. The molecule has 3 aromatic carbocycles. The molecular weight excluding hydrogens is 544 g/mol. The number of benzene rings is 3. The van der Waals surface area contributed by atoms with Crippen molar-refractivity contribution in [1.29, 1.82) is 0 Å². The maximum Gasteiger partial charge on any atom is 1.00 e. The van der Waals surface area contributed by atoms with E-state index in [-0.39, 0.29) is 57.8 Å². The fourth-order valence-corrected chi connectivity index (χ4v) is 4.58. The van der Waals surface area contributed by atoms with Gasteiger partial charge in [0.2, 0.25) is 0 Å². The topological polar surface area (TPSA) is 55.8 Å². The minimum Gasteiger partial charge on any atom is -0.550 e. The average Bonchev–Trinajstić information content (AvgIpc) is 2.93. The number of rotatable bonds is 9. The van der Waals surface area contributed by atoms with Crippen LogP contribution in [0, 0.1) is 11.8 Å². The van der Waals surface area contributed by atoms with Crippen LogP contribution < -0.4 is 66.1 Å². The average molecular weight is 575 g/mol. The van der Waals surface area contributed by atoms with Gasteiger partial charge < -0.3 is 19.5 Å². The van der Waals surface area contributed by atoms with Crippen LogP contribution in [0.5, 0.6) is 5.75 Å². The molecule has 0 aliphatic carbocycles. The Morgan fingerprint density at radius 3 is 2.08 bits per heavy atom. The van der Waals surface area contributed by atoms with E-state index < -0.39 is 23.6 Å². The maximum absolute atomic E-state index is 12.8. The van der Waals surface area contributed by atoms with Gasteiger partial charge in [0.25, 0.3) is 0 Å². The number of nitrogens with zero attached hydrogens (tertiary/aromatic N) is 2. The number of piperazine rings is 1. The molecule has 4 rings (SSSR count). The summed E-state index contributed by atoms with van der Waals surface area (Å²) in [5.41, 5.74) is 3.21. The van der Waals surface area contributed by atoms with Gasteiger partial charge in [0.15, 0.2) is 0 Å². The Morgan fingerprint density at radius 2 is 1.52 bits per heavy atom. The van der Waals surface area contributed by atoms with Crippen molar-refractivity contribution < 1.29 is 79.2 Å². The Bertz CT molecular complexity index is 1290. The number of hydrogen-bond acceptors (Lipinski definition) is 5. The van der Waals surface area contributed by atoms with Gasteiger partial charge >= 0.3 is 57.6 Å². The summed E-state index contributed by atoms with van der Waals surface area (Å²) >= 11 is 0. The van der Waals surface area contributed by atoms with Crippen LogP contribution in [-0.2, 0) is 24.1 Å². The van der Waals surface area contributed by atoms with Crippen molar-refractivity contribution >= 4 is 11.7 Å². The van der Waals surface area contributed by atoms with Crippen molar-refractivity contribution in [2.45, 2.75) is 38.6 Å². The molecule has 0 N–H and O–H groups in total. The van der Waals surface area contributed by atoms with Gasteiger partial charge in [-0.25, -0.2) is 0 Å². The molecule has 204 valence electrons. The molecule has 0 radical (unpaired) electrons. The standard InChI is InChI=1S/C31H31F3N2O3.K/c1-2-3-26(20-30(37)38)25-8-14-29(15-9-25)39-22-24-6-4-23(5-7-24)21-35-16-18-36(19-17-35)28-12-10-27(11-13-28)31(32,33)34;/h4-15,26H,16-22H2,1H3,(H,37,38);/q;+1/p-1/t26-;/m0./s1. The Morgan fingerprint density at radius 1 is 0.925 bits per heavy atom. The molecule has 1 fully saturated rings. The van der Waals surface area contributed by atoms with Gasteiger partial charge in [-0.05, 0) is 60.0 Å². The quantitative estimate of drug-likeness (QED) is 0.289. The van der Waals surface area contributed by atoms with Crippen molar-refractivity contribution in [1.82, 2.24) is 4.90 Å². The van der Waals surface area contributed by atoms with E-state index in [0.29, 0.717) is 12.4 Å². The largest absolute Gasteiger partial charge is 1.00 e. The minimum absolute atomic E-state index is 0. The molecule has 1 aliphatic rings. The van der Waals surface area contributed by atoms with Crippen molar-refractivity contribution in [2.24, 2.45) is 0 Å². The minimum atomic E-state index is -4.32. The van der Waals surface area contributed by atoms with E-state index in [9.17, 15) is 23.1 Å². The van der Waals surface area contributed by atoms with Crippen LogP contribution in [0.3, 0.4) is 0 Å². The predicted molar refractivity (Wildman–Crippen MR) is 142 cm³/mol. The van der Waals surface area contributed by atoms with Gasteiger partial charge in [-0.1, -0.05) is 42.3 Å². The number of alkyl halides is 3. The molecule has 9 heteroatoms. The molecule has 1 aliphatic heterocycles. The predicted octanol–water partition coefficient (Wildman–Crippen LogP) is 1.86. The van der Waals surface area contributed by atoms with Crippen LogP contribution in [0.15, 0.2) is 72.8 Å². The van der Waals surface area contributed by atoms with Crippen molar-refractivity contribution in [3.63, 3.8) is 0 Å². The zero-order valence-corrected chi connectivity index (χ0v) is 25.8. The molecule has 1 saturated heterocycles. The summed E-state index contributed by atoms with van der Waals surface area (Å²) in [6, 6.07) is 20.9. The first-order chi connectivity index (χ1) is 18.7. The van der Waals surface area contributed by atoms with E-state index >= 15 is 0 Å². The SMILES string of the molecule is CC#C[C@@H](CC(=O)[O-])c1ccc(OCc2ccc(CN3CCN(c4ccc(C(F)(F)F)cc4)CC3)cc2)cc1.[K+]. The van der Waals surface area contributed by atoms with E-state index in [1.807, 2.05) is 36.4 Å². The van der Waals surface area contributed by atoms with Crippen LogP contribution in [0.2, 0.25) is 0 Å². The van der Waals surface area contributed by atoms with Crippen molar-refractivity contribution in [3.8, 4) is 17.6 Å². The Hall–Kier alpha value is -2.32. The van der Waals surface area contributed by atoms with E-state index in [1.54, 1.807) is 19.1 Å². The van der Waals surface area contributed by atoms with Crippen LogP contribution in [-0.4, -0.2) is 37.0 Å². The molecule has 0 amide bonds.